The average Bonchev–Trinajstić information content (AvgIpc) is 2.64. The van der Waals surface area contributed by atoms with Crippen molar-refractivity contribution < 1.29 is 38.0 Å². The fourth-order valence-electron chi connectivity index (χ4n) is 3.65. The van der Waals surface area contributed by atoms with E-state index in [1.54, 1.807) is 12.1 Å². The van der Waals surface area contributed by atoms with Gasteiger partial charge in [-0.05, 0) is 30.2 Å². The molecule has 0 bridgehead atoms. The van der Waals surface area contributed by atoms with Crippen LogP contribution >= 0.6 is 15.2 Å². The molecule has 2 unspecified atom stereocenters. The van der Waals surface area contributed by atoms with Gasteiger partial charge in [0.25, 0.3) is 0 Å². The van der Waals surface area contributed by atoms with Crippen molar-refractivity contribution in [2.24, 2.45) is 17.8 Å². The highest BCUT2D eigenvalue weighted by atomic mass is 31.2. The highest BCUT2D eigenvalue weighted by molar-refractivity contribution is 7.70. The lowest BCUT2D eigenvalue weighted by Gasteiger charge is -2.17. The van der Waals surface area contributed by atoms with Gasteiger partial charge in [0, 0.05) is 6.07 Å². The predicted octanol–water partition coefficient (Wildman–Crippen LogP) is 4.69. The summed E-state index contributed by atoms with van der Waals surface area (Å²) in [5, 5.41) is -2.08. The van der Waals surface area contributed by atoms with Gasteiger partial charge >= 0.3 is 15.2 Å². The number of nitrogens with zero attached hydrogens (tertiary/aromatic N) is 1. The Morgan fingerprint density at radius 3 is 1.94 bits per heavy atom. The molecule has 0 aliphatic rings. The number of rotatable bonds is 16. The van der Waals surface area contributed by atoms with Gasteiger partial charge in [0.1, 0.15) is 0 Å². The molecule has 0 amide bonds. The van der Waals surface area contributed by atoms with Crippen molar-refractivity contribution in [3.8, 4) is 5.75 Å². The number of hydrogen-bond donors (Lipinski definition) is 4. The van der Waals surface area contributed by atoms with Crippen molar-refractivity contribution in [3.05, 3.63) is 24.5 Å². The normalized spacial score (nSPS) is 14.7. The maximum atomic E-state index is 11.5. The van der Waals surface area contributed by atoms with E-state index >= 15 is 0 Å². The molecular weight excluding hydrogens is 452 g/mol. The van der Waals surface area contributed by atoms with Gasteiger partial charge in [0.2, 0.25) is 11.6 Å². The van der Waals surface area contributed by atoms with Gasteiger partial charge < -0.3 is 24.3 Å². The van der Waals surface area contributed by atoms with Crippen LogP contribution < -0.4 is 9.30 Å². The molecule has 1 rings (SSSR count). The van der Waals surface area contributed by atoms with Crippen LogP contribution in [0.15, 0.2) is 24.5 Å². The molecule has 0 saturated carbocycles. The summed E-state index contributed by atoms with van der Waals surface area (Å²) >= 11 is 0. The second-order valence-electron chi connectivity index (χ2n) is 9.50. The minimum absolute atomic E-state index is 0.494. The molecule has 1 aromatic heterocycles. The molecule has 2 atom stereocenters. The van der Waals surface area contributed by atoms with E-state index in [1.165, 1.54) is 49.1 Å². The molecule has 0 radical (unpaired) electrons. The van der Waals surface area contributed by atoms with Crippen LogP contribution in [-0.2, 0) is 15.7 Å². The quantitative estimate of drug-likeness (QED) is 0.194. The number of pyridine rings is 1. The minimum Gasteiger partial charge on any atom is -0.487 e. The Morgan fingerprint density at radius 2 is 1.41 bits per heavy atom. The molecule has 1 heterocycles. The van der Waals surface area contributed by atoms with E-state index in [2.05, 4.69) is 27.7 Å². The number of aromatic nitrogens is 1. The summed E-state index contributed by atoms with van der Waals surface area (Å²) in [7, 11) is -9.93. The van der Waals surface area contributed by atoms with Gasteiger partial charge in [-0.15, -0.1) is 0 Å². The van der Waals surface area contributed by atoms with Gasteiger partial charge in [0.15, 0.2) is 18.5 Å². The van der Waals surface area contributed by atoms with E-state index in [4.69, 9.17) is 4.74 Å². The molecule has 0 aromatic carbocycles. The number of hydrogen-bond acceptors (Lipinski definition) is 3. The first kappa shape index (κ1) is 29.3. The van der Waals surface area contributed by atoms with Gasteiger partial charge in [-0.25, -0.2) is 4.57 Å². The van der Waals surface area contributed by atoms with Gasteiger partial charge in [-0.3, -0.25) is 9.13 Å². The second kappa shape index (κ2) is 13.8. The first-order valence-electron chi connectivity index (χ1n) is 11.5. The van der Waals surface area contributed by atoms with E-state index in [1.807, 2.05) is 0 Å². The van der Waals surface area contributed by atoms with Crippen LogP contribution in [0.3, 0.4) is 0 Å². The van der Waals surface area contributed by atoms with Crippen LogP contribution in [0.5, 0.6) is 5.75 Å². The standard InChI is InChI=1S/C22H41NO7P2/c1-18(2)8-5-9-19(3)10-6-11-20(4)13-15-30-21-12-7-14-23(16-21)17-22(31(24,25)26)32(27,28)29/h7,12,14,16,18-20,22H,5-6,8-11,13,15,17H2,1-4H3,(H3-,24,25,26,27,28,29)/p+1. The zero-order valence-electron chi connectivity index (χ0n) is 19.8. The summed E-state index contributed by atoms with van der Waals surface area (Å²) in [6, 6.07) is 3.33. The molecule has 8 nitrogen and oxygen atoms in total. The fraction of sp³-hybridized carbons (Fsp3) is 0.773. The third-order valence-corrected chi connectivity index (χ3v) is 9.42. The summed E-state index contributed by atoms with van der Waals surface area (Å²) in [5.41, 5.74) is 0. The molecule has 0 fully saturated rings. The Balaban J connectivity index is 2.41. The molecule has 32 heavy (non-hydrogen) atoms. The van der Waals surface area contributed by atoms with E-state index < -0.39 is 27.1 Å². The largest absolute Gasteiger partial charge is 0.487 e. The zero-order chi connectivity index (χ0) is 24.4. The first-order valence-corrected chi connectivity index (χ1v) is 14.9. The maximum absolute atomic E-state index is 11.5. The SMILES string of the molecule is CC(C)CCCC(C)CCCC(C)CCOc1ccc[n+](CC(P(=O)(O)O)P(=O)(O)O)c1. The first-order chi connectivity index (χ1) is 14.8. The van der Waals surface area contributed by atoms with Crippen LogP contribution in [0.25, 0.3) is 0 Å². The van der Waals surface area contributed by atoms with Crippen LogP contribution in [0.4, 0.5) is 0 Å². The van der Waals surface area contributed by atoms with Crippen LogP contribution in [0, 0.1) is 17.8 Å². The molecule has 4 N–H and O–H groups in total. The summed E-state index contributed by atoms with van der Waals surface area (Å²) < 4.78 is 30.1. The molecule has 0 spiro atoms. The van der Waals surface area contributed by atoms with Crippen LogP contribution in [0.1, 0.15) is 72.6 Å². The van der Waals surface area contributed by atoms with Crippen LogP contribution in [0.2, 0.25) is 0 Å². The third-order valence-electron chi connectivity index (χ3n) is 5.73. The van der Waals surface area contributed by atoms with E-state index in [9.17, 15) is 28.7 Å². The Kier molecular flexibility index (Phi) is 12.7. The van der Waals surface area contributed by atoms with Gasteiger partial charge in [-0.2, -0.15) is 0 Å². The Bertz CT molecular complexity index is 740. The monoisotopic (exact) mass is 494 g/mol. The highest BCUT2D eigenvalue weighted by Crippen LogP contribution is 2.59. The zero-order valence-corrected chi connectivity index (χ0v) is 21.6. The lowest BCUT2D eigenvalue weighted by atomic mass is 9.93. The van der Waals surface area contributed by atoms with E-state index in [0.717, 1.165) is 24.7 Å². The fourth-order valence-corrected chi connectivity index (χ4v) is 6.02. The lowest BCUT2D eigenvalue weighted by molar-refractivity contribution is -0.694. The highest BCUT2D eigenvalue weighted by Gasteiger charge is 2.46. The molecule has 0 aliphatic carbocycles. The Morgan fingerprint density at radius 1 is 0.875 bits per heavy atom. The lowest BCUT2D eigenvalue weighted by Crippen LogP contribution is -2.39. The van der Waals surface area contributed by atoms with Crippen LogP contribution in [-0.4, -0.2) is 31.6 Å². The Hall–Kier alpha value is -0.750. The predicted molar refractivity (Wildman–Crippen MR) is 125 cm³/mol. The number of ether oxygens (including phenoxy) is 1. The van der Waals surface area contributed by atoms with Crippen molar-refractivity contribution in [1.29, 1.82) is 0 Å². The third kappa shape index (κ3) is 12.5. The summed E-state index contributed by atoms with van der Waals surface area (Å²) in [6.45, 7) is 9.09. The van der Waals surface area contributed by atoms with Gasteiger partial charge in [0.05, 0.1) is 6.61 Å². The molecular formula is C22H42NO7P2+. The Labute approximate surface area is 192 Å². The molecule has 0 aliphatic heterocycles. The van der Waals surface area contributed by atoms with Crippen molar-refractivity contribution in [3.63, 3.8) is 0 Å². The smallest absolute Gasteiger partial charge is 0.347 e. The van der Waals surface area contributed by atoms with Crippen molar-refractivity contribution in [1.82, 2.24) is 0 Å². The summed E-state index contributed by atoms with van der Waals surface area (Å²) in [5.74, 6) is 2.57. The van der Waals surface area contributed by atoms with Crippen molar-refractivity contribution in [2.45, 2.75) is 84.6 Å². The topological polar surface area (TPSA) is 128 Å². The molecule has 186 valence electrons. The van der Waals surface area contributed by atoms with Gasteiger partial charge in [-0.1, -0.05) is 66.2 Å². The van der Waals surface area contributed by atoms with Crippen molar-refractivity contribution in [2.75, 3.05) is 6.61 Å². The second-order valence-corrected chi connectivity index (χ2v) is 13.5. The summed E-state index contributed by atoms with van der Waals surface area (Å²) in [4.78, 5) is 37.2. The summed E-state index contributed by atoms with van der Waals surface area (Å²) in [6.07, 6.45) is 11.4. The maximum Gasteiger partial charge on any atom is 0.347 e. The minimum atomic E-state index is -4.97. The molecule has 1 aromatic rings. The van der Waals surface area contributed by atoms with Crippen molar-refractivity contribution >= 4 is 15.2 Å². The van der Waals surface area contributed by atoms with E-state index in [-0.39, 0.29) is 0 Å². The molecule has 0 saturated heterocycles. The van der Waals surface area contributed by atoms with E-state index in [0.29, 0.717) is 18.3 Å². The average molecular weight is 495 g/mol. The molecule has 10 heteroatoms.